The smallest absolute Gasteiger partial charge is 0.334 e. The number of nitrogens with zero attached hydrogens (tertiary/aromatic N) is 3. The fourth-order valence-electron chi connectivity index (χ4n) is 3.81. The van der Waals surface area contributed by atoms with Gasteiger partial charge in [-0.25, -0.2) is 4.79 Å². The minimum absolute atomic E-state index is 0.149. The van der Waals surface area contributed by atoms with Crippen LogP contribution in [0.5, 0.6) is 0 Å². The highest BCUT2D eigenvalue weighted by Crippen LogP contribution is 2.22. The van der Waals surface area contributed by atoms with E-state index in [1.165, 1.54) is 10.5 Å². The van der Waals surface area contributed by atoms with Gasteiger partial charge in [0.2, 0.25) is 0 Å². The zero-order valence-corrected chi connectivity index (χ0v) is 14.7. The van der Waals surface area contributed by atoms with Crippen molar-refractivity contribution in [2.24, 2.45) is 5.92 Å². The van der Waals surface area contributed by atoms with E-state index in [0.717, 1.165) is 19.3 Å². The van der Waals surface area contributed by atoms with Crippen LogP contribution in [0.25, 0.3) is 0 Å². The molecule has 1 aromatic heterocycles. The summed E-state index contributed by atoms with van der Waals surface area (Å²) in [6.07, 6.45) is 2.87. The molecule has 2 aliphatic rings. The van der Waals surface area contributed by atoms with Gasteiger partial charge in [-0.3, -0.25) is 9.88 Å². The van der Waals surface area contributed by atoms with E-state index in [2.05, 4.69) is 16.4 Å². The van der Waals surface area contributed by atoms with E-state index < -0.39 is 12.7 Å². The first-order valence-corrected chi connectivity index (χ1v) is 9.12. The van der Waals surface area contributed by atoms with Gasteiger partial charge in [-0.1, -0.05) is 6.07 Å². The lowest BCUT2D eigenvalue weighted by Gasteiger charge is -2.33. The Hall–Kier alpha value is -1.83. The van der Waals surface area contributed by atoms with Crippen LogP contribution >= 0.6 is 0 Å². The van der Waals surface area contributed by atoms with Crippen LogP contribution in [0.2, 0.25) is 0 Å². The molecule has 0 saturated carbocycles. The fraction of sp³-hybridized carbons (Fsp3) is 0.667. The molecule has 3 heterocycles. The van der Waals surface area contributed by atoms with Gasteiger partial charge in [0.05, 0.1) is 6.54 Å². The lowest BCUT2D eigenvalue weighted by atomic mass is 9.91. The van der Waals surface area contributed by atoms with Crippen LogP contribution in [0.15, 0.2) is 24.5 Å². The third-order valence-corrected chi connectivity index (χ3v) is 5.15. The van der Waals surface area contributed by atoms with Crippen LogP contribution in [0.3, 0.4) is 0 Å². The molecule has 1 unspecified atom stereocenters. The van der Waals surface area contributed by atoms with Crippen molar-refractivity contribution in [1.82, 2.24) is 20.1 Å². The topological polar surface area (TPSA) is 48.5 Å². The minimum atomic E-state index is -4.19. The number of urea groups is 1. The van der Waals surface area contributed by atoms with Gasteiger partial charge in [-0.2, -0.15) is 13.2 Å². The van der Waals surface area contributed by atoms with Gasteiger partial charge in [-0.15, -0.1) is 0 Å². The summed E-state index contributed by atoms with van der Waals surface area (Å²) in [5.74, 6) is 0.539. The van der Waals surface area contributed by atoms with E-state index in [4.69, 9.17) is 0 Å². The highest BCUT2D eigenvalue weighted by atomic mass is 19.4. The molecule has 5 nitrogen and oxygen atoms in total. The zero-order chi connectivity index (χ0) is 18.6. The Morgan fingerprint density at radius 1 is 1.23 bits per heavy atom. The molecule has 0 spiro atoms. The number of rotatable bonds is 4. The van der Waals surface area contributed by atoms with Crippen LogP contribution in [-0.4, -0.2) is 65.8 Å². The summed E-state index contributed by atoms with van der Waals surface area (Å²) in [5.41, 5.74) is 1.21. The molecule has 2 aliphatic heterocycles. The molecule has 26 heavy (non-hydrogen) atoms. The third-order valence-electron chi connectivity index (χ3n) is 5.15. The van der Waals surface area contributed by atoms with E-state index in [1.54, 1.807) is 11.1 Å². The molecule has 2 saturated heterocycles. The third kappa shape index (κ3) is 5.59. The Morgan fingerprint density at radius 2 is 2.00 bits per heavy atom. The van der Waals surface area contributed by atoms with Crippen LogP contribution in [0.4, 0.5) is 18.0 Å². The Kier molecular flexibility index (Phi) is 6.01. The molecule has 0 aliphatic carbocycles. The normalized spacial score (nSPS) is 22.6. The Balaban J connectivity index is 1.39. The van der Waals surface area contributed by atoms with E-state index in [0.29, 0.717) is 32.0 Å². The number of carbonyl (C=O) groups excluding carboxylic acids is 1. The number of pyridine rings is 1. The first-order valence-electron chi connectivity index (χ1n) is 9.12. The van der Waals surface area contributed by atoms with E-state index >= 15 is 0 Å². The average molecular weight is 370 g/mol. The zero-order valence-electron chi connectivity index (χ0n) is 14.7. The highest BCUT2D eigenvalue weighted by Gasteiger charge is 2.35. The largest absolute Gasteiger partial charge is 0.401 e. The molecule has 0 radical (unpaired) electrons. The molecule has 3 rings (SSSR count). The summed E-state index contributed by atoms with van der Waals surface area (Å²) in [6, 6.07) is 3.65. The molecule has 144 valence electrons. The van der Waals surface area contributed by atoms with Crippen molar-refractivity contribution in [3.63, 3.8) is 0 Å². The van der Waals surface area contributed by atoms with Gasteiger partial charge in [0.1, 0.15) is 0 Å². The summed E-state index contributed by atoms with van der Waals surface area (Å²) < 4.78 is 37.3. The van der Waals surface area contributed by atoms with E-state index in [1.807, 2.05) is 12.3 Å². The molecule has 0 bridgehead atoms. The molecular weight excluding hydrogens is 345 g/mol. The Morgan fingerprint density at radius 3 is 2.65 bits per heavy atom. The quantitative estimate of drug-likeness (QED) is 0.887. The van der Waals surface area contributed by atoms with Crippen LogP contribution in [0, 0.1) is 5.92 Å². The van der Waals surface area contributed by atoms with Gasteiger partial charge >= 0.3 is 12.2 Å². The maximum atomic E-state index is 12.4. The van der Waals surface area contributed by atoms with Gasteiger partial charge in [0.25, 0.3) is 0 Å². The van der Waals surface area contributed by atoms with Crippen LogP contribution in [0.1, 0.15) is 24.8 Å². The monoisotopic (exact) mass is 370 g/mol. The molecule has 1 N–H and O–H groups in total. The number of hydrogen-bond acceptors (Lipinski definition) is 3. The second kappa shape index (κ2) is 8.24. The maximum Gasteiger partial charge on any atom is 0.401 e. The number of carbonyl (C=O) groups is 1. The predicted molar refractivity (Wildman–Crippen MR) is 91.7 cm³/mol. The fourth-order valence-corrected chi connectivity index (χ4v) is 3.81. The van der Waals surface area contributed by atoms with Crippen LogP contribution < -0.4 is 5.32 Å². The molecule has 2 fully saturated rings. The maximum absolute atomic E-state index is 12.4. The SMILES string of the molecule is O=C(NC1CCN(CC(F)(F)F)C1)N1CCC(Cc2cccnc2)CC1. The molecular formula is C18H25F3N4O. The first-order chi connectivity index (χ1) is 12.4. The minimum Gasteiger partial charge on any atom is -0.334 e. The van der Waals surface area contributed by atoms with Gasteiger partial charge in [0.15, 0.2) is 0 Å². The number of amides is 2. The van der Waals surface area contributed by atoms with Crippen molar-refractivity contribution in [2.45, 2.75) is 37.9 Å². The van der Waals surface area contributed by atoms with Crippen molar-refractivity contribution >= 4 is 6.03 Å². The number of hydrogen-bond donors (Lipinski definition) is 1. The number of nitrogens with one attached hydrogen (secondary N) is 1. The summed E-state index contributed by atoms with van der Waals surface area (Å²) in [7, 11) is 0. The van der Waals surface area contributed by atoms with Crippen molar-refractivity contribution < 1.29 is 18.0 Å². The second-order valence-electron chi connectivity index (χ2n) is 7.28. The standard InChI is InChI=1S/C18H25F3N4O/c19-18(20,21)13-24-7-5-16(12-24)23-17(26)25-8-3-14(4-9-25)10-15-2-1-6-22-11-15/h1-2,6,11,14,16H,3-5,7-10,12-13H2,(H,23,26). The molecule has 2 amide bonds. The summed E-state index contributed by atoms with van der Waals surface area (Å²) in [4.78, 5) is 19.6. The lowest BCUT2D eigenvalue weighted by Crippen LogP contribution is -2.49. The first kappa shape index (κ1) is 18.9. The molecule has 0 aromatic carbocycles. The van der Waals surface area contributed by atoms with Crippen molar-refractivity contribution in [2.75, 3.05) is 32.7 Å². The summed E-state index contributed by atoms with van der Waals surface area (Å²) >= 11 is 0. The number of alkyl halides is 3. The Labute approximate surface area is 151 Å². The highest BCUT2D eigenvalue weighted by molar-refractivity contribution is 5.74. The van der Waals surface area contributed by atoms with Crippen LogP contribution in [-0.2, 0) is 6.42 Å². The van der Waals surface area contributed by atoms with Crippen molar-refractivity contribution in [1.29, 1.82) is 0 Å². The van der Waals surface area contributed by atoms with Gasteiger partial charge in [-0.05, 0) is 43.2 Å². The summed E-state index contributed by atoms with van der Waals surface area (Å²) in [6.45, 7) is 1.12. The average Bonchev–Trinajstić information content (AvgIpc) is 3.01. The number of likely N-dealkylation sites (tertiary alicyclic amines) is 2. The summed E-state index contributed by atoms with van der Waals surface area (Å²) in [5, 5.41) is 2.90. The lowest BCUT2D eigenvalue weighted by molar-refractivity contribution is -0.143. The molecule has 1 atom stereocenters. The number of halogens is 3. The van der Waals surface area contributed by atoms with Crippen molar-refractivity contribution in [3.05, 3.63) is 30.1 Å². The van der Waals surface area contributed by atoms with E-state index in [9.17, 15) is 18.0 Å². The second-order valence-corrected chi connectivity index (χ2v) is 7.28. The van der Waals surface area contributed by atoms with E-state index in [-0.39, 0.29) is 18.6 Å². The number of aromatic nitrogens is 1. The molecule has 1 aromatic rings. The van der Waals surface area contributed by atoms with Gasteiger partial charge in [0, 0.05) is 44.6 Å². The van der Waals surface area contributed by atoms with Gasteiger partial charge < -0.3 is 10.2 Å². The predicted octanol–water partition coefficient (Wildman–Crippen LogP) is 2.68. The molecule has 8 heteroatoms. The number of piperidine rings is 1. The Bertz CT molecular complexity index is 588. The van der Waals surface area contributed by atoms with Crippen molar-refractivity contribution in [3.8, 4) is 0 Å².